The number of aryl methyl sites for hydroxylation is 1. The number of aromatic nitrogens is 2. The van der Waals surface area contributed by atoms with Gasteiger partial charge in [-0.1, -0.05) is 0 Å². The van der Waals surface area contributed by atoms with Crippen molar-refractivity contribution in [3.05, 3.63) is 28.1 Å². The Bertz CT molecular complexity index is 765. The molecule has 1 amide bonds. The number of carbonyl (C=O) groups is 2. The number of hydrogen-bond donors (Lipinski definition) is 0. The van der Waals surface area contributed by atoms with Crippen LogP contribution >= 0.6 is 11.3 Å². The van der Waals surface area contributed by atoms with Gasteiger partial charge in [-0.05, 0) is 25.3 Å². The fraction of sp³-hybridized carbons (Fsp3) is 0.467. The van der Waals surface area contributed by atoms with Crippen LogP contribution in [0.2, 0.25) is 0 Å². The van der Waals surface area contributed by atoms with E-state index >= 15 is 0 Å². The Balaban J connectivity index is 2.08. The van der Waals surface area contributed by atoms with Crippen LogP contribution in [0.15, 0.2) is 22.6 Å². The minimum Gasteiger partial charge on any atom is -0.468 e. The van der Waals surface area contributed by atoms with Crippen LogP contribution in [0.4, 0.5) is 0 Å². The predicted octanol–water partition coefficient (Wildman–Crippen LogP) is 1.26. The zero-order valence-electron chi connectivity index (χ0n) is 13.3. The van der Waals surface area contributed by atoms with Crippen LogP contribution in [0, 0.1) is 0 Å². The molecule has 0 saturated heterocycles. The molecule has 0 fully saturated rings. The fourth-order valence-electron chi connectivity index (χ4n) is 2.17. The number of amides is 1. The number of thiophene rings is 1. The van der Waals surface area contributed by atoms with Crippen molar-refractivity contribution in [3.63, 3.8) is 0 Å². The summed E-state index contributed by atoms with van der Waals surface area (Å²) in [6, 6.07) is 1.60. The second kappa shape index (κ2) is 7.36. The third kappa shape index (κ3) is 3.95. The molecule has 0 aliphatic rings. The van der Waals surface area contributed by atoms with Crippen molar-refractivity contribution in [3.8, 4) is 0 Å². The number of methoxy groups -OCH3 is 1. The molecule has 2 heterocycles. The molecule has 0 bridgehead atoms. The summed E-state index contributed by atoms with van der Waals surface area (Å²) in [5, 5.41) is 2.37. The Morgan fingerprint density at radius 1 is 1.43 bits per heavy atom. The number of hydrogen-bond acceptors (Lipinski definition) is 6. The summed E-state index contributed by atoms with van der Waals surface area (Å²) in [5.41, 5.74) is -0.159. The van der Waals surface area contributed by atoms with Gasteiger partial charge in [0.1, 0.15) is 11.4 Å². The summed E-state index contributed by atoms with van der Waals surface area (Å²) in [6.07, 6.45) is 1.57. The maximum atomic E-state index is 12.3. The number of carbonyl (C=O) groups excluding carboxylic acids is 2. The summed E-state index contributed by atoms with van der Waals surface area (Å²) < 4.78 is 6.03. The van der Waals surface area contributed by atoms with E-state index in [1.807, 2.05) is 19.2 Å². The van der Waals surface area contributed by atoms with Gasteiger partial charge in [0.25, 0.3) is 5.56 Å². The lowest BCUT2D eigenvalue weighted by atomic mass is 10.2. The zero-order chi connectivity index (χ0) is 17.0. The largest absolute Gasteiger partial charge is 0.468 e. The average molecular weight is 337 g/mol. The van der Waals surface area contributed by atoms with E-state index in [1.165, 1.54) is 34.2 Å². The van der Waals surface area contributed by atoms with Gasteiger partial charge in [-0.15, -0.1) is 11.3 Å². The van der Waals surface area contributed by atoms with Gasteiger partial charge in [0.05, 0.1) is 18.8 Å². The zero-order valence-corrected chi connectivity index (χ0v) is 14.1. The third-order valence-electron chi connectivity index (χ3n) is 3.49. The first kappa shape index (κ1) is 17.1. The van der Waals surface area contributed by atoms with Crippen LogP contribution in [0.3, 0.4) is 0 Å². The molecule has 0 aromatic carbocycles. The Labute approximate surface area is 137 Å². The first-order valence-corrected chi connectivity index (χ1v) is 8.11. The van der Waals surface area contributed by atoms with Crippen molar-refractivity contribution >= 4 is 33.4 Å². The molecule has 124 valence electrons. The second-order valence-electron chi connectivity index (χ2n) is 5.32. The maximum absolute atomic E-state index is 12.3. The molecule has 0 radical (unpaired) electrons. The van der Waals surface area contributed by atoms with Crippen LogP contribution in [0.1, 0.15) is 20.3 Å². The summed E-state index contributed by atoms with van der Waals surface area (Å²) in [4.78, 5) is 42.3. The van der Waals surface area contributed by atoms with Crippen LogP contribution in [-0.4, -0.2) is 46.0 Å². The van der Waals surface area contributed by atoms with Gasteiger partial charge in [0, 0.05) is 19.0 Å². The molecule has 0 aliphatic heterocycles. The molecule has 2 aromatic rings. The monoisotopic (exact) mass is 337 g/mol. The van der Waals surface area contributed by atoms with Crippen LogP contribution in [0.5, 0.6) is 0 Å². The highest BCUT2D eigenvalue weighted by atomic mass is 32.1. The molecular weight excluding hydrogens is 318 g/mol. The van der Waals surface area contributed by atoms with E-state index in [0.717, 1.165) is 0 Å². The Kier molecular flexibility index (Phi) is 5.49. The first-order chi connectivity index (χ1) is 10.9. The molecule has 23 heavy (non-hydrogen) atoms. The summed E-state index contributed by atoms with van der Waals surface area (Å²) in [5.74, 6) is -0.673. The maximum Gasteiger partial charge on any atom is 0.325 e. The van der Waals surface area contributed by atoms with Gasteiger partial charge in [0.2, 0.25) is 5.91 Å². The summed E-state index contributed by atoms with van der Waals surface area (Å²) >= 11 is 1.40. The molecule has 0 unspecified atom stereocenters. The van der Waals surface area contributed by atoms with E-state index in [9.17, 15) is 14.4 Å². The van der Waals surface area contributed by atoms with Gasteiger partial charge in [-0.25, -0.2) is 4.98 Å². The summed E-state index contributed by atoms with van der Waals surface area (Å²) in [7, 11) is 1.28. The number of esters is 1. The molecule has 2 aromatic heterocycles. The van der Waals surface area contributed by atoms with Gasteiger partial charge in [-0.3, -0.25) is 19.0 Å². The molecule has 0 N–H and O–H groups in total. The van der Waals surface area contributed by atoms with Crippen LogP contribution < -0.4 is 5.56 Å². The number of fused-ring (bicyclic) bond motifs is 1. The number of ether oxygens (including phenoxy) is 1. The lowest BCUT2D eigenvalue weighted by Crippen LogP contribution is -2.41. The van der Waals surface area contributed by atoms with Crippen LogP contribution in [-0.2, 0) is 20.9 Å². The Morgan fingerprint density at radius 3 is 2.83 bits per heavy atom. The molecule has 7 nitrogen and oxygen atoms in total. The van der Waals surface area contributed by atoms with Crippen molar-refractivity contribution < 1.29 is 14.3 Å². The number of rotatable bonds is 6. The molecule has 0 spiro atoms. The van der Waals surface area contributed by atoms with E-state index in [-0.39, 0.29) is 37.0 Å². The molecule has 0 atom stereocenters. The van der Waals surface area contributed by atoms with E-state index in [4.69, 9.17) is 0 Å². The standard InChI is InChI=1S/C15H19N3O4S/c1-10(2)18(8-13(20)22-3)12(19)4-6-17-9-16-14-11(15(17)21)5-7-23-14/h5,7,9-10H,4,6,8H2,1-3H3. The topological polar surface area (TPSA) is 81.5 Å². The smallest absolute Gasteiger partial charge is 0.325 e. The van der Waals surface area contributed by atoms with Crippen molar-refractivity contribution in [1.82, 2.24) is 14.5 Å². The minimum atomic E-state index is -0.467. The third-order valence-corrected chi connectivity index (χ3v) is 4.31. The highest BCUT2D eigenvalue weighted by Crippen LogP contribution is 2.13. The van der Waals surface area contributed by atoms with Crippen molar-refractivity contribution in [1.29, 1.82) is 0 Å². The van der Waals surface area contributed by atoms with Gasteiger partial charge < -0.3 is 9.64 Å². The predicted molar refractivity (Wildman–Crippen MR) is 87.4 cm³/mol. The average Bonchev–Trinajstić information content (AvgIpc) is 3.00. The summed E-state index contributed by atoms with van der Waals surface area (Å²) in [6.45, 7) is 3.78. The van der Waals surface area contributed by atoms with Crippen molar-refractivity contribution in [2.24, 2.45) is 0 Å². The second-order valence-corrected chi connectivity index (χ2v) is 6.22. The molecular formula is C15H19N3O4S. The fourth-order valence-corrected chi connectivity index (χ4v) is 2.90. The van der Waals surface area contributed by atoms with Crippen molar-refractivity contribution in [2.45, 2.75) is 32.9 Å². The normalized spacial score (nSPS) is 11.0. The first-order valence-electron chi connectivity index (χ1n) is 7.23. The minimum absolute atomic E-state index is 0.0935. The van der Waals surface area contributed by atoms with Gasteiger partial charge in [-0.2, -0.15) is 0 Å². The van der Waals surface area contributed by atoms with Crippen molar-refractivity contribution in [2.75, 3.05) is 13.7 Å². The highest BCUT2D eigenvalue weighted by Gasteiger charge is 2.20. The lowest BCUT2D eigenvalue weighted by Gasteiger charge is -2.25. The van der Waals surface area contributed by atoms with E-state index < -0.39 is 5.97 Å². The molecule has 8 heteroatoms. The highest BCUT2D eigenvalue weighted by molar-refractivity contribution is 7.16. The Morgan fingerprint density at radius 2 is 2.17 bits per heavy atom. The van der Waals surface area contributed by atoms with Gasteiger partial charge in [0.15, 0.2) is 0 Å². The molecule has 2 rings (SSSR count). The van der Waals surface area contributed by atoms with Gasteiger partial charge >= 0.3 is 5.97 Å². The molecule has 0 aliphatic carbocycles. The Hall–Kier alpha value is -2.22. The van der Waals surface area contributed by atoms with E-state index in [0.29, 0.717) is 10.2 Å². The van der Waals surface area contributed by atoms with E-state index in [2.05, 4.69) is 9.72 Å². The quantitative estimate of drug-likeness (QED) is 0.741. The lowest BCUT2D eigenvalue weighted by molar-refractivity contribution is -0.148. The SMILES string of the molecule is COC(=O)CN(C(=O)CCn1cnc2sccc2c1=O)C(C)C. The number of nitrogens with zero attached hydrogens (tertiary/aromatic N) is 3. The molecule has 0 saturated carbocycles. The van der Waals surface area contributed by atoms with Crippen LogP contribution in [0.25, 0.3) is 10.2 Å². The van der Waals surface area contributed by atoms with E-state index in [1.54, 1.807) is 6.07 Å².